The smallest absolute Gasteiger partial charge is 0.150 e. The molecule has 1 unspecified atom stereocenters. The molecule has 2 aliphatic heterocycles. The van der Waals surface area contributed by atoms with Crippen molar-refractivity contribution in [1.82, 2.24) is 19.7 Å². The lowest BCUT2D eigenvalue weighted by molar-refractivity contribution is 0.254. The van der Waals surface area contributed by atoms with Crippen molar-refractivity contribution in [2.45, 2.75) is 51.6 Å². The molecule has 2 aliphatic rings. The van der Waals surface area contributed by atoms with Gasteiger partial charge < -0.3 is 4.57 Å². The van der Waals surface area contributed by atoms with Gasteiger partial charge in [-0.3, -0.25) is 4.90 Å². The fourth-order valence-corrected chi connectivity index (χ4v) is 3.07. The van der Waals surface area contributed by atoms with Gasteiger partial charge in [0.2, 0.25) is 0 Å². The molecule has 3 rings (SSSR count). The van der Waals surface area contributed by atoms with E-state index in [2.05, 4.69) is 26.6 Å². The molecule has 4 nitrogen and oxygen atoms in total. The van der Waals surface area contributed by atoms with E-state index < -0.39 is 0 Å². The third-order valence-corrected chi connectivity index (χ3v) is 3.96. The summed E-state index contributed by atoms with van der Waals surface area (Å²) in [5.74, 6) is 2.44. The van der Waals surface area contributed by atoms with Gasteiger partial charge in [0.25, 0.3) is 0 Å². The molecule has 0 aromatic carbocycles. The first-order valence-corrected chi connectivity index (χ1v) is 6.56. The second kappa shape index (κ2) is 4.17. The van der Waals surface area contributed by atoms with Gasteiger partial charge in [0, 0.05) is 13.0 Å². The van der Waals surface area contributed by atoms with E-state index in [1.54, 1.807) is 0 Å². The first kappa shape index (κ1) is 10.3. The summed E-state index contributed by atoms with van der Waals surface area (Å²) in [6.07, 6.45) is 6.25. The van der Waals surface area contributed by atoms with Crippen molar-refractivity contribution in [2.24, 2.45) is 0 Å². The SMILES string of the molecule is CCN1CCCC1c1nnc2n1CCCC2. The van der Waals surface area contributed by atoms with Crippen molar-refractivity contribution in [1.29, 1.82) is 0 Å². The van der Waals surface area contributed by atoms with Crippen LogP contribution in [0, 0.1) is 0 Å². The molecule has 1 aromatic heterocycles. The molecule has 0 radical (unpaired) electrons. The van der Waals surface area contributed by atoms with Crippen LogP contribution < -0.4 is 0 Å². The molecule has 0 amide bonds. The Morgan fingerprint density at radius 3 is 3.00 bits per heavy atom. The molecule has 88 valence electrons. The topological polar surface area (TPSA) is 34.0 Å². The second-order valence-corrected chi connectivity index (χ2v) is 4.87. The van der Waals surface area contributed by atoms with Gasteiger partial charge in [0.1, 0.15) is 11.6 Å². The van der Waals surface area contributed by atoms with Gasteiger partial charge in [-0.2, -0.15) is 0 Å². The zero-order chi connectivity index (χ0) is 11.0. The minimum Gasteiger partial charge on any atom is -0.314 e. The standard InChI is InChI=1S/C12H20N4/c1-2-15-8-5-6-10(15)12-14-13-11-7-3-4-9-16(11)12/h10H,2-9H2,1H3. The minimum atomic E-state index is 0.532. The molecule has 1 fully saturated rings. The highest BCUT2D eigenvalue weighted by atomic mass is 15.3. The fraction of sp³-hybridized carbons (Fsp3) is 0.833. The third-order valence-electron chi connectivity index (χ3n) is 3.96. The number of nitrogens with zero attached hydrogens (tertiary/aromatic N) is 4. The maximum absolute atomic E-state index is 4.45. The van der Waals surface area contributed by atoms with Crippen LogP contribution in [0.3, 0.4) is 0 Å². The maximum Gasteiger partial charge on any atom is 0.150 e. The normalized spacial score (nSPS) is 25.9. The zero-order valence-corrected chi connectivity index (χ0v) is 10.0. The van der Waals surface area contributed by atoms with Crippen molar-refractivity contribution in [3.63, 3.8) is 0 Å². The average molecular weight is 220 g/mol. The quantitative estimate of drug-likeness (QED) is 0.761. The first-order chi connectivity index (χ1) is 7.90. The Hall–Kier alpha value is -0.900. The van der Waals surface area contributed by atoms with Gasteiger partial charge in [0.15, 0.2) is 0 Å². The van der Waals surface area contributed by atoms with E-state index in [0.29, 0.717) is 6.04 Å². The van der Waals surface area contributed by atoms with E-state index in [-0.39, 0.29) is 0 Å². The highest BCUT2D eigenvalue weighted by molar-refractivity contribution is 5.05. The Morgan fingerprint density at radius 2 is 2.12 bits per heavy atom. The molecule has 0 spiro atoms. The molecule has 1 saturated heterocycles. The summed E-state index contributed by atoms with van der Waals surface area (Å²) >= 11 is 0. The number of fused-ring (bicyclic) bond motifs is 1. The minimum absolute atomic E-state index is 0.532. The number of hydrogen-bond donors (Lipinski definition) is 0. The number of rotatable bonds is 2. The third kappa shape index (κ3) is 1.56. The molecule has 0 saturated carbocycles. The van der Waals surface area contributed by atoms with E-state index in [1.807, 2.05) is 0 Å². The maximum atomic E-state index is 4.45. The Kier molecular flexibility index (Phi) is 2.67. The van der Waals surface area contributed by atoms with E-state index in [9.17, 15) is 0 Å². The van der Waals surface area contributed by atoms with Gasteiger partial charge >= 0.3 is 0 Å². The fourth-order valence-electron chi connectivity index (χ4n) is 3.07. The largest absolute Gasteiger partial charge is 0.314 e. The molecule has 0 N–H and O–H groups in total. The van der Waals surface area contributed by atoms with Crippen LogP contribution in [0.2, 0.25) is 0 Å². The Labute approximate surface area is 96.7 Å². The molecule has 0 bridgehead atoms. The predicted molar refractivity (Wildman–Crippen MR) is 62.2 cm³/mol. The number of likely N-dealkylation sites (tertiary alicyclic amines) is 1. The van der Waals surface area contributed by atoms with E-state index in [4.69, 9.17) is 0 Å². The Bertz CT molecular complexity index is 371. The Morgan fingerprint density at radius 1 is 1.19 bits per heavy atom. The van der Waals surface area contributed by atoms with E-state index in [1.165, 1.54) is 43.9 Å². The Balaban J connectivity index is 1.91. The zero-order valence-electron chi connectivity index (χ0n) is 10.0. The summed E-state index contributed by atoms with van der Waals surface area (Å²) in [5, 5.41) is 8.81. The summed E-state index contributed by atoms with van der Waals surface area (Å²) < 4.78 is 2.38. The lowest BCUT2D eigenvalue weighted by atomic mass is 10.1. The molecule has 1 atom stereocenters. The lowest BCUT2D eigenvalue weighted by Gasteiger charge is -2.24. The van der Waals surface area contributed by atoms with Crippen LogP contribution in [0.25, 0.3) is 0 Å². The summed E-state index contributed by atoms with van der Waals surface area (Å²) in [6, 6.07) is 0.532. The van der Waals surface area contributed by atoms with Gasteiger partial charge in [0.05, 0.1) is 6.04 Å². The molecule has 1 aromatic rings. The van der Waals surface area contributed by atoms with Crippen LogP contribution in [0.1, 0.15) is 50.3 Å². The number of aromatic nitrogens is 3. The molecule has 3 heterocycles. The van der Waals surface area contributed by atoms with Crippen LogP contribution in [-0.2, 0) is 13.0 Å². The summed E-state index contributed by atoms with van der Waals surface area (Å²) in [5.41, 5.74) is 0. The van der Waals surface area contributed by atoms with Crippen molar-refractivity contribution in [2.75, 3.05) is 13.1 Å². The predicted octanol–water partition coefficient (Wildman–Crippen LogP) is 1.77. The van der Waals surface area contributed by atoms with Crippen molar-refractivity contribution in [3.8, 4) is 0 Å². The highest BCUT2D eigenvalue weighted by Gasteiger charge is 2.30. The van der Waals surface area contributed by atoms with Crippen molar-refractivity contribution in [3.05, 3.63) is 11.6 Å². The van der Waals surface area contributed by atoms with Crippen LogP contribution in [-0.4, -0.2) is 32.8 Å². The monoisotopic (exact) mass is 220 g/mol. The van der Waals surface area contributed by atoms with Gasteiger partial charge in [-0.05, 0) is 38.8 Å². The van der Waals surface area contributed by atoms with Gasteiger partial charge in [-0.25, -0.2) is 0 Å². The van der Waals surface area contributed by atoms with Crippen LogP contribution in [0.5, 0.6) is 0 Å². The van der Waals surface area contributed by atoms with Crippen molar-refractivity contribution < 1.29 is 0 Å². The summed E-state index contributed by atoms with van der Waals surface area (Å²) in [7, 11) is 0. The molecule has 0 aliphatic carbocycles. The van der Waals surface area contributed by atoms with Gasteiger partial charge in [-0.15, -0.1) is 10.2 Å². The molecular weight excluding hydrogens is 200 g/mol. The summed E-state index contributed by atoms with van der Waals surface area (Å²) in [6.45, 7) is 5.73. The number of hydrogen-bond acceptors (Lipinski definition) is 3. The molecular formula is C12H20N4. The average Bonchev–Trinajstić information content (AvgIpc) is 2.94. The van der Waals surface area contributed by atoms with Crippen LogP contribution in [0.4, 0.5) is 0 Å². The van der Waals surface area contributed by atoms with E-state index in [0.717, 1.165) is 19.5 Å². The highest BCUT2D eigenvalue weighted by Crippen LogP contribution is 2.31. The van der Waals surface area contributed by atoms with Gasteiger partial charge in [-0.1, -0.05) is 6.92 Å². The van der Waals surface area contributed by atoms with Crippen molar-refractivity contribution >= 4 is 0 Å². The lowest BCUT2D eigenvalue weighted by Crippen LogP contribution is -2.26. The molecule has 16 heavy (non-hydrogen) atoms. The van der Waals surface area contributed by atoms with Crippen LogP contribution in [0.15, 0.2) is 0 Å². The van der Waals surface area contributed by atoms with E-state index >= 15 is 0 Å². The number of aryl methyl sites for hydroxylation is 1. The first-order valence-electron chi connectivity index (χ1n) is 6.56. The summed E-state index contributed by atoms with van der Waals surface area (Å²) in [4.78, 5) is 2.53. The molecule has 4 heteroatoms. The van der Waals surface area contributed by atoms with Crippen LogP contribution >= 0.6 is 0 Å². The second-order valence-electron chi connectivity index (χ2n) is 4.87.